The standard InChI is InChI=1S/C18H27N5O2/c1-25-18-9-16(20-12-21-18)23(14-2-3-14)15-4-6-22(7-5-15)11-13-8-17(24)19-10-13/h9,12-15H,2-8,10-11H2,1H3,(H,19,24). The van der Waals surface area contributed by atoms with E-state index in [1.165, 1.54) is 12.8 Å². The van der Waals surface area contributed by atoms with E-state index in [4.69, 9.17) is 4.74 Å². The van der Waals surface area contributed by atoms with E-state index in [1.807, 2.05) is 6.07 Å². The van der Waals surface area contributed by atoms with E-state index >= 15 is 0 Å². The molecule has 1 saturated carbocycles. The number of piperidine rings is 1. The van der Waals surface area contributed by atoms with Crippen LogP contribution in [0.25, 0.3) is 0 Å². The quantitative estimate of drug-likeness (QED) is 0.831. The fourth-order valence-corrected chi connectivity index (χ4v) is 4.15. The zero-order valence-electron chi connectivity index (χ0n) is 14.9. The van der Waals surface area contributed by atoms with Crippen LogP contribution in [0.1, 0.15) is 32.1 Å². The molecule has 1 atom stereocenters. The van der Waals surface area contributed by atoms with Crippen LogP contribution in [0, 0.1) is 5.92 Å². The summed E-state index contributed by atoms with van der Waals surface area (Å²) < 4.78 is 5.27. The number of amides is 1. The van der Waals surface area contributed by atoms with E-state index in [9.17, 15) is 4.79 Å². The number of nitrogens with zero attached hydrogens (tertiary/aromatic N) is 4. The van der Waals surface area contributed by atoms with Gasteiger partial charge in [-0.15, -0.1) is 0 Å². The fourth-order valence-electron chi connectivity index (χ4n) is 4.15. The molecule has 1 aromatic rings. The van der Waals surface area contributed by atoms with E-state index < -0.39 is 0 Å². The maximum absolute atomic E-state index is 11.4. The number of likely N-dealkylation sites (tertiary alicyclic amines) is 1. The summed E-state index contributed by atoms with van der Waals surface area (Å²) in [6, 6.07) is 3.11. The van der Waals surface area contributed by atoms with Crippen LogP contribution >= 0.6 is 0 Å². The number of ether oxygens (including phenoxy) is 1. The Morgan fingerprint density at radius 3 is 2.64 bits per heavy atom. The number of rotatable bonds is 6. The van der Waals surface area contributed by atoms with E-state index in [0.717, 1.165) is 44.8 Å². The van der Waals surface area contributed by atoms with E-state index in [-0.39, 0.29) is 5.91 Å². The van der Waals surface area contributed by atoms with Gasteiger partial charge in [0.1, 0.15) is 12.1 Å². The van der Waals surface area contributed by atoms with Crippen molar-refractivity contribution in [1.29, 1.82) is 0 Å². The van der Waals surface area contributed by atoms with Crippen molar-refractivity contribution in [2.75, 3.05) is 38.2 Å². The van der Waals surface area contributed by atoms with Gasteiger partial charge in [-0.3, -0.25) is 4.79 Å². The lowest BCUT2D eigenvalue weighted by atomic mass is 10.0. The average Bonchev–Trinajstić information content (AvgIpc) is 3.38. The van der Waals surface area contributed by atoms with Crippen molar-refractivity contribution in [2.45, 2.75) is 44.2 Å². The third-order valence-electron chi connectivity index (χ3n) is 5.57. The van der Waals surface area contributed by atoms with Crippen LogP contribution < -0.4 is 15.0 Å². The molecule has 136 valence electrons. The highest BCUT2D eigenvalue weighted by molar-refractivity contribution is 5.78. The Hall–Kier alpha value is -1.89. The Labute approximate surface area is 148 Å². The van der Waals surface area contributed by atoms with Crippen LogP contribution in [0.5, 0.6) is 5.88 Å². The number of aromatic nitrogens is 2. The summed E-state index contributed by atoms with van der Waals surface area (Å²) in [5.74, 6) is 2.32. The third kappa shape index (κ3) is 3.86. The molecule has 25 heavy (non-hydrogen) atoms. The first kappa shape index (κ1) is 16.6. The monoisotopic (exact) mass is 345 g/mol. The number of anilines is 1. The summed E-state index contributed by atoms with van der Waals surface area (Å²) in [4.78, 5) is 25.0. The molecule has 1 aliphatic carbocycles. The van der Waals surface area contributed by atoms with Gasteiger partial charge < -0.3 is 19.9 Å². The first-order valence-corrected chi connectivity index (χ1v) is 9.36. The van der Waals surface area contributed by atoms with E-state index in [1.54, 1.807) is 13.4 Å². The molecule has 1 aromatic heterocycles. The molecule has 1 amide bonds. The Bertz CT molecular complexity index is 613. The van der Waals surface area contributed by atoms with Gasteiger partial charge in [-0.05, 0) is 31.6 Å². The molecule has 2 saturated heterocycles. The number of methoxy groups -OCH3 is 1. The predicted molar refractivity (Wildman–Crippen MR) is 94.7 cm³/mol. The second-order valence-electron chi connectivity index (χ2n) is 7.46. The summed E-state index contributed by atoms with van der Waals surface area (Å²) in [6.07, 6.45) is 7.09. The number of hydrogen-bond donors (Lipinski definition) is 1. The van der Waals surface area contributed by atoms with Crippen LogP contribution in [-0.2, 0) is 4.79 Å². The molecule has 0 spiro atoms. The first-order valence-electron chi connectivity index (χ1n) is 9.36. The SMILES string of the molecule is COc1cc(N(C2CC2)C2CCN(CC3CNC(=O)C3)CC2)ncn1. The maximum atomic E-state index is 11.4. The fraction of sp³-hybridized carbons (Fsp3) is 0.722. The molecule has 3 fully saturated rings. The Morgan fingerprint density at radius 2 is 2.00 bits per heavy atom. The second-order valence-corrected chi connectivity index (χ2v) is 7.46. The molecular weight excluding hydrogens is 318 g/mol. The lowest BCUT2D eigenvalue weighted by Crippen LogP contribution is -2.47. The highest BCUT2D eigenvalue weighted by atomic mass is 16.5. The Balaban J connectivity index is 1.37. The van der Waals surface area contributed by atoms with Gasteiger partial charge in [-0.2, -0.15) is 0 Å². The molecule has 0 bridgehead atoms. The molecule has 3 aliphatic rings. The highest BCUT2D eigenvalue weighted by Crippen LogP contribution is 2.36. The minimum Gasteiger partial charge on any atom is -0.481 e. The van der Waals surface area contributed by atoms with Gasteiger partial charge in [0, 0.05) is 50.7 Å². The van der Waals surface area contributed by atoms with Gasteiger partial charge in [0.15, 0.2) is 0 Å². The van der Waals surface area contributed by atoms with Crippen molar-refractivity contribution < 1.29 is 9.53 Å². The summed E-state index contributed by atoms with van der Waals surface area (Å²) in [5.41, 5.74) is 0. The van der Waals surface area contributed by atoms with Crippen LogP contribution in [0.15, 0.2) is 12.4 Å². The zero-order valence-corrected chi connectivity index (χ0v) is 14.9. The largest absolute Gasteiger partial charge is 0.481 e. The summed E-state index contributed by atoms with van der Waals surface area (Å²) >= 11 is 0. The molecule has 0 radical (unpaired) electrons. The number of nitrogens with one attached hydrogen (secondary N) is 1. The molecular formula is C18H27N5O2. The van der Waals surface area contributed by atoms with Crippen LogP contribution in [0.2, 0.25) is 0 Å². The normalized spacial score (nSPS) is 25.0. The molecule has 2 aliphatic heterocycles. The van der Waals surface area contributed by atoms with Crippen molar-refractivity contribution in [3.05, 3.63) is 12.4 Å². The van der Waals surface area contributed by atoms with Gasteiger partial charge in [0.25, 0.3) is 0 Å². The molecule has 4 rings (SSSR count). The van der Waals surface area contributed by atoms with E-state index in [2.05, 4.69) is 25.1 Å². The number of carbonyl (C=O) groups is 1. The summed E-state index contributed by atoms with van der Waals surface area (Å²) in [6.45, 7) is 4.07. The summed E-state index contributed by atoms with van der Waals surface area (Å²) in [5, 5.41) is 2.94. The third-order valence-corrected chi connectivity index (χ3v) is 5.57. The molecule has 1 unspecified atom stereocenters. The van der Waals surface area contributed by atoms with Gasteiger partial charge in [-0.25, -0.2) is 9.97 Å². The maximum Gasteiger partial charge on any atom is 0.220 e. The average molecular weight is 345 g/mol. The van der Waals surface area contributed by atoms with Crippen molar-refractivity contribution in [2.24, 2.45) is 5.92 Å². The predicted octanol–water partition coefficient (Wildman–Crippen LogP) is 1.05. The Morgan fingerprint density at radius 1 is 1.24 bits per heavy atom. The van der Waals surface area contributed by atoms with Gasteiger partial charge in [0.05, 0.1) is 7.11 Å². The topological polar surface area (TPSA) is 70.6 Å². The molecule has 0 aromatic carbocycles. The van der Waals surface area contributed by atoms with E-state index in [0.29, 0.717) is 30.3 Å². The van der Waals surface area contributed by atoms with Crippen molar-refractivity contribution in [3.63, 3.8) is 0 Å². The lowest BCUT2D eigenvalue weighted by Gasteiger charge is -2.40. The van der Waals surface area contributed by atoms with Crippen LogP contribution in [-0.4, -0.2) is 66.1 Å². The number of hydrogen-bond acceptors (Lipinski definition) is 6. The minimum absolute atomic E-state index is 0.206. The first-order chi connectivity index (χ1) is 12.2. The molecule has 7 heteroatoms. The van der Waals surface area contributed by atoms with Gasteiger partial charge in [-0.1, -0.05) is 0 Å². The zero-order chi connectivity index (χ0) is 17.2. The van der Waals surface area contributed by atoms with Gasteiger partial charge >= 0.3 is 0 Å². The smallest absolute Gasteiger partial charge is 0.220 e. The highest BCUT2D eigenvalue weighted by Gasteiger charge is 2.37. The lowest BCUT2D eigenvalue weighted by molar-refractivity contribution is -0.119. The molecule has 1 N–H and O–H groups in total. The van der Waals surface area contributed by atoms with Crippen LogP contribution in [0.3, 0.4) is 0 Å². The van der Waals surface area contributed by atoms with Crippen LogP contribution in [0.4, 0.5) is 5.82 Å². The van der Waals surface area contributed by atoms with Gasteiger partial charge in [0.2, 0.25) is 11.8 Å². The van der Waals surface area contributed by atoms with Crippen molar-refractivity contribution >= 4 is 11.7 Å². The minimum atomic E-state index is 0.206. The van der Waals surface area contributed by atoms with Crippen molar-refractivity contribution in [3.8, 4) is 5.88 Å². The molecule has 3 heterocycles. The molecule has 7 nitrogen and oxygen atoms in total. The Kier molecular flexibility index (Phi) is 4.74. The number of carbonyl (C=O) groups excluding carboxylic acids is 1. The summed E-state index contributed by atoms with van der Waals surface area (Å²) in [7, 11) is 1.65. The van der Waals surface area contributed by atoms with Crippen molar-refractivity contribution in [1.82, 2.24) is 20.2 Å². The second kappa shape index (κ2) is 7.15.